The summed E-state index contributed by atoms with van der Waals surface area (Å²) in [6.07, 6.45) is 1.70. The molecule has 0 spiro atoms. The van der Waals surface area contributed by atoms with Crippen LogP contribution in [0.3, 0.4) is 0 Å². The van der Waals surface area contributed by atoms with Crippen LogP contribution in [0.2, 0.25) is 0 Å². The normalized spacial score (nSPS) is 10.5. The van der Waals surface area contributed by atoms with Crippen molar-refractivity contribution in [1.82, 2.24) is 10.4 Å². The summed E-state index contributed by atoms with van der Waals surface area (Å²) in [6, 6.07) is 12.8. The van der Waals surface area contributed by atoms with E-state index in [1.807, 2.05) is 56.5 Å². The molecule has 2 amide bonds. The Labute approximate surface area is 181 Å². The van der Waals surface area contributed by atoms with Crippen LogP contribution in [0, 0.1) is 20.8 Å². The van der Waals surface area contributed by atoms with Crippen molar-refractivity contribution in [3.8, 4) is 22.8 Å². The SMILES string of the molecule is COc1ncccc1-c1cc(C)c(OCc2c(C)cccc2N(N)C(=O)NN)cc1C. The van der Waals surface area contributed by atoms with Gasteiger partial charge in [0.15, 0.2) is 0 Å². The van der Waals surface area contributed by atoms with Crippen LogP contribution in [0.5, 0.6) is 11.6 Å². The number of hydrazine groups is 2. The number of anilines is 1. The van der Waals surface area contributed by atoms with Crippen molar-refractivity contribution in [3.05, 3.63) is 70.9 Å². The van der Waals surface area contributed by atoms with E-state index in [2.05, 4.69) is 11.1 Å². The topological polar surface area (TPSA) is 116 Å². The standard InChI is InChI=1S/C23H27N5O3/c1-14-7-5-9-20(28(25)23(29)27-24)19(14)13-31-21-12-15(2)18(11-16(21)3)17-8-6-10-26-22(17)30-4/h5-12H,13,24-25H2,1-4H3,(H,27,29). The lowest BCUT2D eigenvalue weighted by molar-refractivity contribution is 0.246. The molecular formula is C23H27N5O3. The second-order valence-electron chi connectivity index (χ2n) is 7.17. The third kappa shape index (κ3) is 4.60. The van der Waals surface area contributed by atoms with E-state index in [0.29, 0.717) is 11.6 Å². The Balaban J connectivity index is 1.90. The minimum absolute atomic E-state index is 0.239. The molecule has 0 saturated carbocycles. The number of hydrogen-bond donors (Lipinski definition) is 3. The maximum atomic E-state index is 11.9. The first kappa shape index (κ1) is 22.1. The number of rotatable bonds is 6. The molecule has 0 aliphatic rings. The summed E-state index contributed by atoms with van der Waals surface area (Å²) >= 11 is 0. The van der Waals surface area contributed by atoms with E-state index in [1.165, 1.54) is 0 Å². The number of carbonyl (C=O) groups excluding carboxylic acids is 1. The number of methoxy groups -OCH3 is 1. The van der Waals surface area contributed by atoms with Gasteiger partial charge in [0, 0.05) is 17.3 Å². The maximum absolute atomic E-state index is 11.9. The second-order valence-corrected chi connectivity index (χ2v) is 7.17. The van der Waals surface area contributed by atoms with Crippen LogP contribution >= 0.6 is 0 Å². The highest BCUT2D eigenvalue weighted by atomic mass is 16.5. The van der Waals surface area contributed by atoms with E-state index in [0.717, 1.165) is 44.1 Å². The number of nitrogens with two attached hydrogens (primary N) is 2. The fourth-order valence-electron chi connectivity index (χ4n) is 3.42. The highest BCUT2D eigenvalue weighted by Gasteiger charge is 2.17. The van der Waals surface area contributed by atoms with Gasteiger partial charge in [-0.1, -0.05) is 12.1 Å². The minimum atomic E-state index is -0.617. The van der Waals surface area contributed by atoms with Crippen molar-refractivity contribution in [2.75, 3.05) is 12.1 Å². The molecule has 0 aliphatic heterocycles. The number of aromatic nitrogens is 1. The van der Waals surface area contributed by atoms with Gasteiger partial charge in [0.25, 0.3) is 0 Å². The largest absolute Gasteiger partial charge is 0.489 e. The predicted molar refractivity (Wildman–Crippen MR) is 121 cm³/mol. The number of aryl methyl sites for hydroxylation is 3. The van der Waals surface area contributed by atoms with Crippen LogP contribution in [-0.2, 0) is 6.61 Å². The number of urea groups is 1. The van der Waals surface area contributed by atoms with E-state index in [1.54, 1.807) is 19.4 Å². The molecule has 3 rings (SSSR count). The monoisotopic (exact) mass is 421 g/mol. The summed E-state index contributed by atoms with van der Waals surface area (Å²) in [4.78, 5) is 16.2. The number of nitrogens with zero attached hydrogens (tertiary/aromatic N) is 2. The number of pyridine rings is 1. The molecular weight excluding hydrogens is 394 g/mol. The average Bonchev–Trinajstić information content (AvgIpc) is 2.78. The molecule has 8 heteroatoms. The molecule has 31 heavy (non-hydrogen) atoms. The van der Waals surface area contributed by atoms with Crippen LogP contribution in [0.1, 0.15) is 22.3 Å². The van der Waals surface area contributed by atoms with Gasteiger partial charge >= 0.3 is 6.03 Å². The van der Waals surface area contributed by atoms with Crippen molar-refractivity contribution in [3.63, 3.8) is 0 Å². The van der Waals surface area contributed by atoms with Crippen molar-refractivity contribution in [2.45, 2.75) is 27.4 Å². The van der Waals surface area contributed by atoms with Gasteiger partial charge in [-0.3, -0.25) is 5.43 Å². The molecule has 1 aromatic heterocycles. The van der Waals surface area contributed by atoms with Gasteiger partial charge < -0.3 is 9.47 Å². The van der Waals surface area contributed by atoms with Crippen LogP contribution in [0.15, 0.2) is 48.7 Å². The molecule has 1 heterocycles. The highest BCUT2D eigenvalue weighted by Crippen LogP contribution is 2.35. The smallest absolute Gasteiger partial charge is 0.350 e. The van der Waals surface area contributed by atoms with Crippen LogP contribution in [0.4, 0.5) is 10.5 Å². The summed E-state index contributed by atoms with van der Waals surface area (Å²) in [5.74, 6) is 12.5. The van der Waals surface area contributed by atoms with Crippen LogP contribution in [0.25, 0.3) is 11.1 Å². The Morgan fingerprint density at radius 3 is 2.55 bits per heavy atom. The van der Waals surface area contributed by atoms with E-state index in [4.69, 9.17) is 21.2 Å². The summed E-state index contributed by atoms with van der Waals surface area (Å²) in [5.41, 5.74) is 8.24. The molecule has 0 bridgehead atoms. The number of carbonyl (C=O) groups is 1. The number of ether oxygens (including phenoxy) is 2. The average molecular weight is 422 g/mol. The third-order valence-electron chi connectivity index (χ3n) is 5.14. The summed E-state index contributed by atoms with van der Waals surface area (Å²) in [7, 11) is 1.61. The number of hydrogen-bond acceptors (Lipinski definition) is 6. The number of nitrogens with one attached hydrogen (secondary N) is 1. The number of amides is 2. The first-order valence-electron chi connectivity index (χ1n) is 9.74. The molecule has 5 N–H and O–H groups in total. The van der Waals surface area contributed by atoms with Gasteiger partial charge in [0.2, 0.25) is 5.88 Å². The zero-order valence-corrected chi connectivity index (χ0v) is 18.1. The highest BCUT2D eigenvalue weighted by molar-refractivity contribution is 5.91. The van der Waals surface area contributed by atoms with E-state index in [-0.39, 0.29) is 6.61 Å². The molecule has 2 aromatic carbocycles. The first-order valence-corrected chi connectivity index (χ1v) is 9.74. The molecule has 8 nitrogen and oxygen atoms in total. The van der Waals surface area contributed by atoms with E-state index >= 15 is 0 Å². The third-order valence-corrected chi connectivity index (χ3v) is 5.14. The molecule has 0 unspecified atom stereocenters. The van der Waals surface area contributed by atoms with Crippen molar-refractivity contribution >= 4 is 11.7 Å². The Morgan fingerprint density at radius 1 is 1.06 bits per heavy atom. The zero-order valence-electron chi connectivity index (χ0n) is 18.1. The maximum Gasteiger partial charge on any atom is 0.350 e. The molecule has 0 aliphatic carbocycles. The van der Waals surface area contributed by atoms with Gasteiger partial charge in [-0.15, -0.1) is 0 Å². The Morgan fingerprint density at radius 2 is 1.84 bits per heavy atom. The lowest BCUT2D eigenvalue weighted by Gasteiger charge is -2.21. The summed E-state index contributed by atoms with van der Waals surface area (Å²) in [6.45, 7) is 6.17. The van der Waals surface area contributed by atoms with Gasteiger partial charge in [-0.2, -0.15) is 0 Å². The van der Waals surface area contributed by atoms with Gasteiger partial charge in [-0.25, -0.2) is 26.5 Å². The first-order chi connectivity index (χ1) is 14.9. The van der Waals surface area contributed by atoms with Crippen molar-refractivity contribution in [2.24, 2.45) is 11.7 Å². The predicted octanol–water partition coefficient (Wildman–Crippen LogP) is 3.52. The molecule has 0 saturated heterocycles. The van der Waals surface area contributed by atoms with E-state index < -0.39 is 6.03 Å². The van der Waals surface area contributed by atoms with Gasteiger partial charge in [0.05, 0.1) is 12.8 Å². The zero-order chi connectivity index (χ0) is 22.5. The fourth-order valence-corrected chi connectivity index (χ4v) is 3.42. The quantitative estimate of drug-likeness (QED) is 0.319. The van der Waals surface area contributed by atoms with Gasteiger partial charge in [0.1, 0.15) is 12.4 Å². The summed E-state index contributed by atoms with van der Waals surface area (Å²) < 4.78 is 11.6. The van der Waals surface area contributed by atoms with Crippen molar-refractivity contribution in [1.29, 1.82) is 0 Å². The van der Waals surface area contributed by atoms with E-state index in [9.17, 15) is 4.79 Å². The number of benzene rings is 2. The lowest BCUT2D eigenvalue weighted by atomic mass is 9.98. The Kier molecular flexibility index (Phi) is 6.74. The molecule has 162 valence electrons. The Bertz CT molecular complexity index is 1100. The lowest BCUT2D eigenvalue weighted by Crippen LogP contribution is -2.48. The summed E-state index contributed by atoms with van der Waals surface area (Å²) in [5, 5.41) is 0.974. The van der Waals surface area contributed by atoms with Crippen LogP contribution in [-0.4, -0.2) is 18.1 Å². The fraction of sp³-hybridized carbons (Fsp3) is 0.217. The molecule has 0 radical (unpaired) electrons. The molecule has 0 fully saturated rings. The molecule has 0 atom stereocenters. The van der Waals surface area contributed by atoms with Crippen molar-refractivity contribution < 1.29 is 14.3 Å². The van der Waals surface area contributed by atoms with Crippen LogP contribution < -0.4 is 31.6 Å². The molecule has 3 aromatic rings. The second kappa shape index (κ2) is 9.46. The van der Waals surface area contributed by atoms with Gasteiger partial charge in [-0.05, 0) is 73.4 Å². The Hall–Kier alpha value is -3.62. The minimum Gasteiger partial charge on any atom is -0.489 e.